The zero-order chi connectivity index (χ0) is 14.5. The smallest absolute Gasteiger partial charge is 0.224 e. The maximum atomic E-state index is 11.9. The van der Waals surface area contributed by atoms with E-state index in [1.165, 1.54) is 0 Å². The van der Waals surface area contributed by atoms with Crippen molar-refractivity contribution in [2.45, 2.75) is 39.5 Å². The number of amides is 1. The van der Waals surface area contributed by atoms with Crippen molar-refractivity contribution >= 4 is 22.9 Å². The molecule has 2 aromatic rings. The quantitative estimate of drug-likeness (QED) is 0.898. The number of nitrogens with one attached hydrogen (secondary N) is 1. The van der Waals surface area contributed by atoms with Gasteiger partial charge in [-0.2, -0.15) is 0 Å². The van der Waals surface area contributed by atoms with E-state index in [1.807, 2.05) is 31.2 Å². The molecule has 0 aliphatic heterocycles. The van der Waals surface area contributed by atoms with Crippen molar-refractivity contribution in [1.29, 1.82) is 0 Å². The van der Waals surface area contributed by atoms with Crippen molar-refractivity contribution in [3.8, 4) is 0 Å². The molecule has 2 rings (SSSR count). The summed E-state index contributed by atoms with van der Waals surface area (Å²) in [6.45, 7) is 6.25. The summed E-state index contributed by atoms with van der Waals surface area (Å²) in [4.78, 5) is 16.5. The van der Waals surface area contributed by atoms with Gasteiger partial charge in [0.2, 0.25) is 5.91 Å². The molecule has 1 N–H and O–H groups in total. The van der Waals surface area contributed by atoms with Gasteiger partial charge >= 0.3 is 0 Å². The maximum Gasteiger partial charge on any atom is 0.224 e. The standard InChI is InChI=1S/C16H20N2OS/c1-11(2)14-10-20-16(18-14)9-8-15(19)17-13-7-5-4-6-12(13)3/h4-7,10-11H,8-9H2,1-3H3,(H,17,19). The number of para-hydroxylation sites is 1. The van der Waals surface area contributed by atoms with Crippen molar-refractivity contribution in [1.82, 2.24) is 4.98 Å². The van der Waals surface area contributed by atoms with Gasteiger partial charge in [0.1, 0.15) is 0 Å². The SMILES string of the molecule is Cc1ccccc1NC(=O)CCc1nc(C(C)C)cs1. The Morgan fingerprint density at radius 1 is 1.35 bits per heavy atom. The summed E-state index contributed by atoms with van der Waals surface area (Å²) in [5.74, 6) is 0.487. The van der Waals surface area contributed by atoms with Gasteiger partial charge in [0.05, 0.1) is 10.7 Å². The van der Waals surface area contributed by atoms with E-state index in [-0.39, 0.29) is 5.91 Å². The average Bonchev–Trinajstić information content (AvgIpc) is 2.88. The van der Waals surface area contributed by atoms with Crippen LogP contribution >= 0.6 is 11.3 Å². The van der Waals surface area contributed by atoms with Crippen LogP contribution in [0.2, 0.25) is 0 Å². The molecular formula is C16H20N2OS. The van der Waals surface area contributed by atoms with E-state index in [0.29, 0.717) is 18.8 Å². The van der Waals surface area contributed by atoms with Gasteiger partial charge in [0.25, 0.3) is 0 Å². The summed E-state index contributed by atoms with van der Waals surface area (Å²) in [6, 6.07) is 7.81. The van der Waals surface area contributed by atoms with Crippen molar-refractivity contribution in [2.75, 3.05) is 5.32 Å². The lowest BCUT2D eigenvalue weighted by Crippen LogP contribution is -2.13. The van der Waals surface area contributed by atoms with Gasteiger partial charge in [-0.1, -0.05) is 32.0 Å². The van der Waals surface area contributed by atoms with Crippen LogP contribution in [-0.2, 0) is 11.2 Å². The molecule has 0 spiro atoms. The van der Waals surface area contributed by atoms with Gasteiger partial charge < -0.3 is 5.32 Å². The molecule has 4 heteroatoms. The second kappa shape index (κ2) is 6.66. The molecule has 0 aliphatic rings. The summed E-state index contributed by atoms with van der Waals surface area (Å²) in [7, 11) is 0. The number of carbonyl (C=O) groups excluding carboxylic acids is 1. The molecular weight excluding hydrogens is 268 g/mol. The first-order valence-electron chi connectivity index (χ1n) is 6.86. The first-order valence-corrected chi connectivity index (χ1v) is 7.74. The Morgan fingerprint density at radius 2 is 2.10 bits per heavy atom. The van der Waals surface area contributed by atoms with E-state index in [0.717, 1.165) is 22.0 Å². The Bertz CT molecular complexity index is 590. The Labute approximate surface area is 124 Å². The third kappa shape index (κ3) is 3.90. The number of hydrogen-bond donors (Lipinski definition) is 1. The van der Waals surface area contributed by atoms with Crippen molar-refractivity contribution in [2.24, 2.45) is 0 Å². The van der Waals surface area contributed by atoms with Crippen LogP contribution in [-0.4, -0.2) is 10.9 Å². The molecule has 20 heavy (non-hydrogen) atoms. The largest absolute Gasteiger partial charge is 0.326 e. The molecule has 0 atom stereocenters. The van der Waals surface area contributed by atoms with Crippen LogP contribution in [0.15, 0.2) is 29.6 Å². The lowest BCUT2D eigenvalue weighted by molar-refractivity contribution is -0.116. The van der Waals surface area contributed by atoms with Crippen molar-refractivity contribution < 1.29 is 4.79 Å². The fourth-order valence-corrected chi connectivity index (χ4v) is 2.81. The number of aryl methyl sites for hydroxylation is 2. The average molecular weight is 288 g/mol. The van der Waals surface area contributed by atoms with Gasteiger partial charge in [0, 0.05) is 23.9 Å². The van der Waals surface area contributed by atoms with E-state index < -0.39 is 0 Å². The fraction of sp³-hybridized carbons (Fsp3) is 0.375. The second-order valence-electron chi connectivity index (χ2n) is 5.18. The molecule has 0 saturated carbocycles. The summed E-state index contributed by atoms with van der Waals surface area (Å²) in [6.07, 6.45) is 1.18. The third-order valence-corrected chi connectivity index (χ3v) is 4.07. The van der Waals surface area contributed by atoms with Gasteiger partial charge in [-0.05, 0) is 24.5 Å². The maximum absolute atomic E-state index is 11.9. The zero-order valence-electron chi connectivity index (χ0n) is 12.1. The van der Waals surface area contributed by atoms with Gasteiger partial charge in [-0.3, -0.25) is 4.79 Å². The van der Waals surface area contributed by atoms with E-state index >= 15 is 0 Å². The normalized spacial score (nSPS) is 10.8. The monoisotopic (exact) mass is 288 g/mol. The summed E-state index contributed by atoms with van der Waals surface area (Å²) in [5.41, 5.74) is 3.08. The van der Waals surface area contributed by atoms with Crippen LogP contribution in [0, 0.1) is 6.92 Å². The number of hydrogen-bond acceptors (Lipinski definition) is 3. The number of benzene rings is 1. The zero-order valence-corrected chi connectivity index (χ0v) is 13.0. The Balaban J connectivity index is 1.87. The van der Waals surface area contributed by atoms with Crippen LogP contribution in [0.25, 0.3) is 0 Å². The molecule has 0 unspecified atom stereocenters. The lowest BCUT2D eigenvalue weighted by atomic mass is 10.2. The highest BCUT2D eigenvalue weighted by molar-refractivity contribution is 7.09. The minimum atomic E-state index is 0.0422. The number of anilines is 1. The van der Waals surface area contributed by atoms with Gasteiger partial charge in [0.15, 0.2) is 0 Å². The second-order valence-corrected chi connectivity index (χ2v) is 6.13. The molecule has 0 fully saturated rings. The highest BCUT2D eigenvalue weighted by Crippen LogP contribution is 2.19. The van der Waals surface area contributed by atoms with Crippen LogP contribution in [0.3, 0.4) is 0 Å². The Hall–Kier alpha value is -1.68. The molecule has 3 nitrogen and oxygen atoms in total. The fourth-order valence-electron chi connectivity index (χ4n) is 1.85. The molecule has 0 aliphatic carbocycles. The van der Waals surface area contributed by atoms with Gasteiger partial charge in [-0.15, -0.1) is 11.3 Å². The molecule has 1 aromatic heterocycles. The van der Waals surface area contributed by atoms with E-state index in [9.17, 15) is 4.79 Å². The molecule has 0 saturated heterocycles. The molecule has 1 heterocycles. The van der Waals surface area contributed by atoms with Crippen LogP contribution in [0.1, 0.15) is 42.5 Å². The van der Waals surface area contributed by atoms with E-state index in [1.54, 1.807) is 11.3 Å². The first kappa shape index (κ1) is 14.7. The minimum Gasteiger partial charge on any atom is -0.326 e. The molecule has 106 valence electrons. The van der Waals surface area contributed by atoms with E-state index in [2.05, 4.69) is 29.5 Å². The topological polar surface area (TPSA) is 42.0 Å². The molecule has 0 bridgehead atoms. The number of aromatic nitrogens is 1. The minimum absolute atomic E-state index is 0.0422. The summed E-state index contributed by atoms with van der Waals surface area (Å²) >= 11 is 1.64. The van der Waals surface area contributed by atoms with E-state index in [4.69, 9.17) is 0 Å². The van der Waals surface area contributed by atoms with Crippen LogP contribution in [0.4, 0.5) is 5.69 Å². The summed E-state index contributed by atoms with van der Waals surface area (Å²) < 4.78 is 0. The summed E-state index contributed by atoms with van der Waals surface area (Å²) in [5, 5.41) is 6.07. The highest BCUT2D eigenvalue weighted by Gasteiger charge is 2.09. The predicted molar refractivity (Wildman–Crippen MR) is 84.3 cm³/mol. The lowest BCUT2D eigenvalue weighted by Gasteiger charge is -2.07. The van der Waals surface area contributed by atoms with Gasteiger partial charge in [-0.25, -0.2) is 4.98 Å². The highest BCUT2D eigenvalue weighted by atomic mass is 32.1. The number of thiazole rings is 1. The van der Waals surface area contributed by atoms with Crippen LogP contribution in [0.5, 0.6) is 0 Å². The van der Waals surface area contributed by atoms with Crippen LogP contribution < -0.4 is 5.32 Å². The molecule has 1 aromatic carbocycles. The Kier molecular flexibility index (Phi) is 4.90. The predicted octanol–water partition coefficient (Wildman–Crippen LogP) is 4.15. The molecule has 1 amide bonds. The number of nitrogens with zero attached hydrogens (tertiary/aromatic N) is 1. The number of carbonyl (C=O) groups is 1. The number of rotatable bonds is 5. The van der Waals surface area contributed by atoms with Crippen molar-refractivity contribution in [3.05, 3.63) is 45.9 Å². The third-order valence-electron chi connectivity index (χ3n) is 3.15. The first-order chi connectivity index (χ1) is 9.56. The molecule has 0 radical (unpaired) electrons. The Morgan fingerprint density at radius 3 is 2.75 bits per heavy atom. The van der Waals surface area contributed by atoms with Crippen molar-refractivity contribution in [3.63, 3.8) is 0 Å².